The van der Waals surface area contributed by atoms with E-state index in [-0.39, 0.29) is 11.7 Å². The fourth-order valence-corrected chi connectivity index (χ4v) is 3.74. The predicted octanol–water partition coefficient (Wildman–Crippen LogP) is 2.29. The summed E-state index contributed by atoms with van der Waals surface area (Å²) in [7, 11) is 1.69. The maximum atomic E-state index is 11.3. The van der Waals surface area contributed by atoms with Crippen LogP contribution in [0.4, 0.5) is 4.79 Å². The molecule has 2 saturated heterocycles. The van der Waals surface area contributed by atoms with E-state index >= 15 is 0 Å². The summed E-state index contributed by atoms with van der Waals surface area (Å²) in [6.45, 7) is 3.64. The van der Waals surface area contributed by atoms with Crippen molar-refractivity contribution in [2.45, 2.75) is 24.9 Å². The van der Waals surface area contributed by atoms with Crippen molar-refractivity contribution in [3.8, 4) is 5.75 Å². The zero-order chi connectivity index (χ0) is 16.6. The van der Waals surface area contributed by atoms with Gasteiger partial charge in [-0.2, -0.15) is 0 Å². The molecule has 0 saturated carbocycles. The second kappa shape index (κ2) is 6.02. The maximum absolute atomic E-state index is 11.3. The molecule has 2 aliphatic heterocycles. The molecule has 1 aromatic carbocycles. The van der Waals surface area contributed by atoms with Crippen LogP contribution in [0.25, 0.3) is 10.9 Å². The average molecular weight is 329 g/mol. The zero-order valence-electron chi connectivity index (χ0n) is 13.9. The highest BCUT2D eigenvalue weighted by Gasteiger charge is 2.42. The van der Waals surface area contributed by atoms with Crippen LogP contribution in [-0.4, -0.2) is 54.9 Å². The van der Waals surface area contributed by atoms with E-state index in [0.29, 0.717) is 6.54 Å². The third-order valence-electron chi connectivity index (χ3n) is 5.30. The Balaban J connectivity index is 1.35. The number of aromatic nitrogens is 1. The molecule has 128 valence electrons. The van der Waals surface area contributed by atoms with E-state index in [9.17, 15) is 4.79 Å². The molecular weight excluding hydrogens is 306 g/mol. The molecule has 2 N–H and O–H groups in total. The molecule has 0 atom stereocenters. The van der Waals surface area contributed by atoms with Crippen LogP contribution in [0.5, 0.6) is 5.75 Å². The SMILES string of the molecule is COc1ccc2c(CCN3CCC4(CC3)CNC(=O)O4)c[nH]c2c1. The molecule has 2 aromatic rings. The normalized spacial score (nSPS) is 20.3. The number of likely N-dealkylation sites (tertiary alicyclic amines) is 1. The Morgan fingerprint density at radius 3 is 2.88 bits per heavy atom. The number of piperidine rings is 1. The number of hydrogen-bond acceptors (Lipinski definition) is 4. The van der Waals surface area contributed by atoms with E-state index in [4.69, 9.17) is 9.47 Å². The minimum atomic E-state index is -0.266. The molecule has 0 aliphatic carbocycles. The number of benzene rings is 1. The Hall–Kier alpha value is -2.21. The second-order valence-electron chi connectivity index (χ2n) is 6.74. The van der Waals surface area contributed by atoms with Crippen LogP contribution in [-0.2, 0) is 11.2 Å². The standard InChI is InChI=1S/C18H23N3O3/c1-23-14-2-3-15-13(11-19-16(15)10-14)4-7-21-8-5-18(6-9-21)12-20-17(22)24-18/h2-3,10-11,19H,4-9,12H2,1H3,(H,20,22). The molecule has 2 aliphatic rings. The number of nitrogens with one attached hydrogen (secondary N) is 2. The van der Waals surface area contributed by atoms with Crippen LogP contribution in [0.15, 0.2) is 24.4 Å². The van der Waals surface area contributed by atoms with Crippen LogP contribution in [0.2, 0.25) is 0 Å². The minimum absolute atomic E-state index is 0.259. The summed E-state index contributed by atoms with van der Waals surface area (Å²) in [5.41, 5.74) is 2.19. The first-order valence-electron chi connectivity index (χ1n) is 8.51. The van der Waals surface area contributed by atoms with Crippen molar-refractivity contribution >= 4 is 17.0 Å². The second-order valence-corrected chi connectivity index (χ2v) is 6.74. The monoisotopic (exact) mass is 329 g/mol. The molecule has 1 amide bonds. The Morgan fingerprint density at radius 2 is 2.17 bits per heavy atom. The van der Waals surface area contributed by atoms with Gasteiger partial charge in [0, 0.05) is 55.6 Å². The molecule has 4 rings (SSSR count). The number of hydrogen-bond donors (Lipinski definition) is 2. The van der Waals surface area contributed by atoms with Gasteiger partial charge in [0.2, 0.25) is 0 Å². The third-order valence-corrected chi connectivity index (χ3v) is 5.30. The molecule has 2 fully saturated rings. The van der Waals surface area contributed by atoms with Gasteiger partial charge in [0.05, 0.1) is 13.7 Å². The number of aromatic amines is 1. The minimum Gasteiger partial charge on any atom is -0.497 e. The molecule has 6 heteroatoms. The van der Waals surface area contributed by atoms with Crippen molar-refractivity contribution in [2.75, 3.05) is 33.3 Å². The Bertz CT molecular complexity index is 747. The van der Waals surface area contributed by atoms with Gasteiger partial charge in [-0.05, 0) is 24.1 Å². The van der Waals surface area contributed by atoms with Crippen LogP contribution < -0.4 is 10.1 Å². The first-order valence-corrected chi connectivity index (χ1v) is 8.51. The number of rotatable bonds is 4. The maximum Gasteiger partial charge on any atom is 0.407 e. The largest absolute Gasteiger partial charge is 0.497 e. The molecule has 6 nitrogen and oxygen atoms in total. The lowest BCUT2D eigenvalue weighted by molar-refractivity contribution is 0.00124. The highest BCUT2D eigenvalue weighted by atomic mass is 16.6. The summed E-state index contributed by atoms with van der Waals surface area (Å²) in [5, 5.41) is 4.05. The number of fused-ring (bicyclic) bond motifs is 1. The fraction of sp³-hybridized carbons (Fsp3) is 0.500. The van der Waals surface area contributed by atoms with Gasteiger partial charge in [-0.3, -0.25) is 0 Å². The molecule has 1 spiro atoms. The fourth-order valence-electron chi connectivity index (χ4n) is 3.74. The van der Waals surface area contributed by atoms with Crippen molar-refractivity contribution in [2.24, 2.45) is 0 Å². The Morgan fingerprint density at radius 1 is 1.33 bits per heavy atom. The zero-order valence-corrected chi connectivity index (χ0v) is 13.9. The summed E-state index contributed by atoms with van der Waals surface area (Å²) in [5.74, 6) is 0.872. The van der Waals surface area contributed by atoms with Gasteiger partial charge >= 0.3 is 6.09 Å². The summed E-state index contributed by atoms with van der Waals surface area (Å²) < 4.78 is 10.7. The molecular formula is C18H23N3O3. The lowest BCUT2D eigenvalue weighted by atomic mass is 9.91. The van der Waals surface area contributed by atoms with E-state index in [1.54, 1.807) is 7.11 Å². The van der Waals surface area contributed by atoms with Crippen molar-refractivity contribution in [1.29, 1.82) is 0 Å². The number of carbonyl (C=O) groups excluding carboxylic acids is 1. The van der Waals surface area contributed by atoms with Gasteiger partial charge in [0.15, 0.2) is 0 Å². The smallest absolute Gasteiger partial charge is 0.407 e. The quantitative estimate of drug-likeness (QED) is 0.903. The van der Waals surface area contributed by atoms with Crippen molar-refractivity contribution in [3.63, 3.8) is 0 Å². The van der Waals surface area contributed by atoms with Gasteiger partial charge in [0.1, 0.15) is 11.4 Å². The van der Waals surface area contributed by atoms with Gasteiger partial charge in [-0.15, -0.1) is 0 Å². The molecule has 0 unspecified atom stereocenters. The highest BCUT2D eigenvalue weighted by molar-refractivity contribution is 5.84. The first-order chi connectivity index (χ1) is 11.7. The molecule has 1 aromatic heterocycles. The number of methoxy groups -OCH3 is 1. The van der Waals surface area contributed by atoms with E-state index in [2.05, 4.69) is 27.5 Å². The van der Waals surface area contributed by atoms with Crippen LogP contribution in [0, 0.1) is 0 Å². The van der Waals surface area contributed by atoms with E-state index in [0.717, 1.165) is 50.2 Å². The van der Waals surface area contributed by atoms with Crippen molar-refractivity contribution < 1.29 is 14.3 Å². The van der Waals surface area contributed by atoms with Crippen LogP contribution in [0.1, 0.15) is 18.4 Å². The number of alkyl carbamates (subject to hydrolysis) is 1. The lowest BCUT2D eigenvalue weighted by Gasteiger charge is -2.37. The van der Waals surface area contributed by atoms with E-state index < -0.39 is 0 Å². The van der Waals surface area contributed by atoms with Crippen molar-refractivity contribution in [3.05, 3.63) is 30.0 Å². The molecule has 24 heavy (non-hydrogen) atoms. The summed E-state index contributed by atoms with van der Waals surface area (Å²) in [6, 6.07) is 6.16. The third kappa shape index (κ3) is 2.82. The van der Waals surface area contributed by atoms with Gasteiger partial charge in [-0.25, -0.2) is 4.79 Å². The number of amides is 1. The van der Waals surface area contributed by atoms with Gasteiger partial charge in [-0.1, -0.05) is 0 Å². The average Bonchev–Trinajstić information content (AvgIpc) is 3.18. The van der Waals surface area contributed by atoms with Crippen LogP contribution >= 0.6 is 0 Å². The first kappa shape index (κ1) is 15.3. The Kier molecular flexibility index (Phi) is 3.84. The summed E-state index contributed by atoms with van der Waals surface area (Å²) in [4.78, 5) is 17.1. The van der Waals surface area contributed by atoms with Crippen LogP contribution in [0.3, 0.4) is 0 Å². The highest BCUT2D eigenvalue weighted by Crippen LogP contribution is 2.29. The van der Waals surface area contributed by atoms with Gasteiger partial charge in [0.25, 0.3) is 0 Å². The number of H-pyrrole nitrogens is 1. The van der Waals surface area contributed by atoms with E-state index in [1.165, 1.54) is 10.9 Å². The summed E-state index contributed by atoms with van der Waals surface area (Å²) in [6.07, 6.45) is 4.67. The molecule has 0 bridgehead atoms. The predicted molar refractivity (Wildman–Crippen MR) is 91.4 cm³/mol. The van der Waals surface area contributed by atoms with Crippen molar-refractivity contribution in [1.82, 2.24) is 15.2 Å². The molecule has 0 radical (unpaired) electrons. The summed E-state index contributed by atoms with van der Waals surface area (Å²) >= 11 is 0. The van der Waals surface area contributed by atoms with E-state index in [1.807, 2.05) is 12.1 Å². The number of nitrogens with zero attached hydrogens (tertiary/aromatic N) is 1. The topological polar surface area (TPSA) is 66.6 Å². The molecule has 3 heterocycles. The number of carbonyl (C=O) groups is 1. The Labute approximate surface area is 141 Å². The lowest BCUT2D eigenvalue weighted by Crippen LogP contribution is -2.47. The number of ether oxygens (including phenoxy) is 2. The van der Waals surface area contributed by atoms with Gasteiger partial charge < -0.3 is 24.7 Å².